The Morgan fingerprint density at radius 1 is 1.25 bits per heavy atom. The number of halogens is 1. The van der Waals surface area contributed by atoms with Crippen LogP contribution in [0.2, 0.25) is 0 Å². The summed E-state index contributed by atoms with van der Waals surface area (Å²) in [6.45, 7) is 0. The molecule has 0 aliphatic carbocycles. The van der Waals surface area contributed by atoms with Crippen molar-refractivity contribution >= 4 is 11.8 Å². The summed E-state index contributed by atoms with van der Waals surface area (Å²) in [6, 6.07) is 7.39. The van der Waals surface area contributed by atoms with Gasteiger partial charge in [-0.25, -0.2) is 9.18 Å². The van der Waals surface area contributed by atoms with Crippen molar-refractivity contribution in [2.75, 3.05) is 0 Å². The van der Waals surface area contributed by atoms with E-state index in [4.69, 9.17) is 16.6 Å². The molecule has 0 saturated heterocycles. The number of rotatable bonds is 4. The summed E-state index contributed by atoms with van der Waals surface area (Å²) in [5.74, 6) is -2.82. The van der Waals surface area contributed by atoms with Gasteiger partial charge in [0.1, 0.15) is 0 Å². The second-order valence-corrected chi connectivity index (χ2v) is 3.33. The van der Waals surface area contributed by atoms with Crippen LogP contribution in [0.3, 0.4) is 0 Å². The van der Waals surface area contributed by atoms with Crippen LogP contribution in [0.15, 0.2) is 30.3 Å². The van der Waals surface area contributed by atoms with Crippen LogP contribution >= 0.6 is 0 Å². The van der Waals surface area contributed by atoms with Crippen LogP contribution in [0.25, 0.3) is 0 Å². The Morgan fingerprint density at radius 3 is 2.19 bits per heavy atom. The molecule has 6 heteroatoms. The Balaban J connectivity index is 2.96. The fourth-order valence-electron chi connectivity index (χ4n) is 1.07. The number of Topliss-reactive ketones (excluding diaryl/α,β-unsaturated/α-hetero) is 1. The van der Waals surface area contributed by atoms with Crippen LogP contribution in [0.1, 0.15) is 10.4 Å². The molecule has 0 saturated carbocycles. The molecule has 0 aliphatic rings. The molecule has 0 aromatic heterocycles. The number of carbonyl (C=O) groups is 2. The molecule has 5 nitrogen and oxygen atoms in total. The number of carboxylic acids is 1. The first-order chi connectivity index (χ1) is 7.37. The van der Waals surface area contributed by atoms with Gasteiger partial charge in [-0.1, -0.05) is 30.3 Å². The molecule has 1 aromatic rings. The molecule has 0 bridgehead atoms. The van der Waals surface area contributed by atoms with Crippen molar-refractivity contribution in [2.24, 2.45) is 11.5 Å². The zero-order chi connectivity index (χ0) is 12.3. The summed E-state index contributed by atoms with van der Waals surface area (Å²) in [5.41, 5.74) is 7.36. The standard InChI is InChI=1S/C10H11FN2O3/c11-8(10(12,13)9(15)16)7(14)6-4-2-1-3-5-6/h1-5,8H,12-13H2,(H,15,16). The first kappa shape index (κ1) is 12.3. The van der Waals surface area contributed by atoms with Crippen LogP contribution in [0.5, 0.6) is 0 Å². The van der Waals surface area contributed by atoms with Gasteiger partial charge < -0.3 is 16.6 Å². The number of carbonyl (C=O) groups excluding carboxylic acids is 1. The third-order valence-electron chi connectivity index (χ3n) is 2.08. The van der Waals surface area contributed by atoms with Gasteiger partial charge in [0.2, 0.25) is 17.6 Å². The predicted octanol–water partition coefficient (Wildman–Crippen LogP) is -0.0943. The van der Waals surface area contributed by atoms with E-state index in [1.54, 1.807) is 6.07 Å². The van der Waals surface area contributed by atoms with Crippen LogP contribution < -0.4 is 11.5 Å². The molecule has 86 valence electrons. The molecule has 16 heavy (non-hydrogen) atoms. The second-order valence-electron chi connectivity index (χ2n) is 3.33. The minimum atomic E-state index is -2.72. The maximum atomic E-state index is 13.5. The van der Waals surface area contributed by atoms with Crippen molar-refractivity contribution in [3.05, 3.63) is 35.9 Å². The summed E-state index contributed by atoms with van der Waals surface area (Å²) in [5, 5.41) is 8.57. The highest BCUT2D eigenvalue weighted by atomic mass is 19.1. The number of aliphatic carboxylic acids is 1. The van der Waals surface area contributed by atoms with Gasteiger partial charge in [0.05, 0.1) is 0 Å². The van der Waals surface area contributed by atoms with Crippen LogP contribution in [0, 0.1) is 0 Å². The lowest BCUT2D eigenvalue weighted by molar-refractivity contribution is -0.145. The fourth-order valence-corrected chi connectivity index (χ4v) is 1.07. The highest BCUT2D eigenvalue weighted by Gasteiger charge is 2.44. The molecule has 0 spiro atoms. The van der Waals surface area contributed by atoms with E-state index in [0.717, 1.165) is 0 Å². The largest absolute Gasteiger partial charge is 0.479 e. The Bertz CT molecular complexity index is 406. The van der Waals surface area contributed by atoms with Crippen LogP contribution in [-0.4, -0.2) is 28.7 Å². The van der Waals surface area contributed by atoms with Gasteiger partial charge in [0, 0.05) is 5.56 Å². The maximum Gasteiger partial charge on any atom is 0.342 e. The third-order valence-corrected chi connectivity index (χ3v) is 2.08. The minimum Gasteiger partial charge on any atom is -0.479 e. The summed E-state index contributed by atoms with van der Waals surface area (Å²) >= 11 is 0. The zero-order valence-electron chi connectivity index (χ0n) is 8.26. The molecule has 0 fully saturated rings. The summed E-state index contributed by atoms with van der Waals surface area (Å²) in [6.07, 6.45) is -2.49. The van der Waals surface area contributed by atoms with Gasteiger partial charge in [0.25, 0.3) is 0 Å². The number of hydrogen-bond acceptors (Lipinski definition) is 4. The molecular formula is C10H11FN2O3. The number of hydrogen-bond donors (Lipinski definition) is 3. The number of benzene rings is 1. The number of alkyl halides is 1. The number of carboxylic acid groups (broad SMARTS) is 1. The smallest absolute Gasteiger partial charge is 0.342 e. The molecule has 0 radical (unpaired) electrons. The molecule has 0 aliphatic heterocycles. The van der Waals surface area contributed by atoms with Crippen molar-refractivity contribution < 1.29 is 19.1 Å². The van der Waals surface area contributed by atoms with Crippen molar-refractivity contribution in [1.29, 1.82) is 0 Å². The lowest BCUT2D eigenvalue weighted by Gasteiger charge is -2.22. The Morgan fingerprint density at radius 2 is 1.75 bits per heavy atom. The van der Waals surface area contributed by atoms with Gasteiger partial charge in [-0.05, 0) is 0 Å². The van der Waals surface area contributed by atoms with Crippen LogP contribution in [-0.2, 0) is 4.79 Å². The Kier molecular flexibility index (Phi) is 3.36. The second kappa shape index (κ2) is 4.38. The zero-order valence-corrected chi connectivity index (χ0v) is 8.26. The van der Waals surface area contributed by atoms with E-state index in [1.165, 1.54) is 24.3 Å². The fraction of sp³-hybridized carbons (Fsp3) is 0.200. The van der Waals surface area contributed by atoms with Gasteiger partial charge >= 0.3 is 5.97 Å². The third kappa shape index (κ3) is 2.23. The van der Waals surface area contributed by atoms with E-state index >= 15 is 0 Å². The lowest BCUT2D eigenvalue weighted by Crippen LogP contribution is -2.65. The monoisotopic (exact) mass is 226 g/mol. The molecule has 1 unspecified atom stereocenters. The first-order valence-electron chi connectivity index (χ1n) is 4.42. The van der Waals surface area contributed by atoms with Gasteiger partial charge in [-0.3, -0.25) is 4.79 Å². The molecule has 1 rings (SSSR count). The lowest BCUT2D eigenvalue weighted by atomic mass is 9.98. The Hall–Kier alpha value is -1.79. The molecular weight excluding hydrogens is 215 g/mol. The molecule has 0 amide bonds. The first-order valence-corrected chi connectivity index (χ1v) is 4.42. The molecule has 1 aromatic carbocycles. The summed E-state index contributed by atoms with van der Waals surface area (Å²) < 4.78 is 13.5. The maximum absolute atomic E-state index is 13.5. The van der Waals surface area contributed by atoms with Crippen molar-refractivity contribution in [3.63, 3.8) is 0 Å². The van der Waals surface area contributed by atoms with Crippen molar-refractivity contribution in [2.45, 2.75) is 11.8 Å². The minimum absolute atomic E-state index is 0.0246. The average molecular weight is 226 g/mol. The van der Waals surface area contributed by atoms with Gasteiger partial charge in [0.15, 0.2) is 0 Å². The molecule has 0 heterocycles. The Labute approximate surface area is 90.9 Å². The highest BCUT2D eigenvalue weighted by molar-refractivity contribution is 6.03. The topological polar surface area (TPSA) is 106 Å². The average Bonchev–Trinajstić information content (AvgIpc) is 2.28. The van der Waals surface area contributed by atoms with E-state index in [-0.39, 0.29) is 5.56 Å². The van der Waals surface area contributed by atoms with Gasteiger partial charge in [-0.15, -0.1) is 0 Å². The van der Waals surface area contributed by atoms with E-state index in [9.17, 15) is 14.0 Å². The summed E-state index contributed by atoms with van der Waals surface area (Å²) in [4.78, 5) is 22.1. The SMILES string of the molecule is NC(N)(C(=O)O)C(F)C(=O)c1ccccc1. The van der Waals surface area contributed by atoms with E-state index < -0.39 is 23.6 Å². The number of ketones is 1. The van der Waals surface area contributed by atoms with Crippen LogP contribution in [0.4, 0.5) is 4.39 Å². The summed E-state index contributed by atoms with van der Waals surface area (Å²) in [7, 11) is 0. The highest BCUT2D eigenvalue weighted by Crippen LogP contribution is 2.13. The van der Waals surface area contributed by atoms with Crippen molar-refractivity contribution in [3.8, 4) is 0 Å². The predicted molar refractivity (Wildman–Crippen MR) is 54.4 cm³/mol. The normalized spacial score (nSPS) is 13.2. The quantitative estimate of drug-likeness (QED) is 0.491. The van der Waals surface area contributed by atoms with Gasteiger partial charge in [-0.2, -0.15) is 0 Å². The van der Waals surface area contributed by atoms with E-state index in [1.807, 2.05) is 0 Å². The molecule has 1 atom stereocenters. The van der Waals surface area contributed by atoms with E-state index in [2.05, 4.69) is 0 Å². The number of nitrogens with two attached hydrogens (primary N) is 2. The molecule has 5 N–H and O–H groups in total. The van der Waals surface area contributed by atoms with E-state index in [0.29, 0.717) is 0 Å². The van der Waals surface area contributed by atoms with Crippen molar-refractivity contribution in [1.82, 2.24) is 0 Å².